The second-order valence-electron chi connectivity index (χ2n) is 3.30. The van der Waals surface area contributed by atoms with Crippen molar-refractivity contribution in [3.8, 4) is 0 Å². The molecule has 5 heteroatoms. The van der Waals surface area contributed by atoms with E-state index in [1.54, 1.807) is 0 Å². The highest BCUT2D eigenvalue weighted by molar-refractivity contribution is 9.18. The number of aromatic amines is 1. The Balaban J connectivity index is 2.26. The van der Waals surface area contributed by atoms with Gasteiger partial charge in [-0.3, -0.25) is 4.79 Å². The van der Waals surface area contributed by atoms with E-state index in [9.17, 15) is 4.79 Å². The highest BCUT2D eigenvalue weighted by Crippen LogP contribution is 2.13. The maximum absolute atomic E-state index is 10.7. The number of hydrogen-bond acceptors (Lipinski definition) is 2. The molecule has 1 aromatic heterocycles. The lowest BCUT2D eigenvalue weighted by Gasteiger charge is -2.00. The molecule has 1 amide bonds. The molecule has 0 bridgehead atoms. The molecule has 15 heavy (non-hydrogen) atoms. The number of imidazole rings is 1. The van der Waals surface area contributed by atoms with Crippen molar-refractivity contribution in [2.45, 2.75) is 13.5 Å². The van der Waals surface area contributed by atoms with Crippen molar-refractivity contribution < 1.29 is 4.79 Å². The smallest absolute Gasteiger partial charge is 0.287 e. The number of carbonyl (C=O) groups excluding carboxylic acids is 1. The van der Waals surface area contributed by atoms with Crippen molar-refractivity contribution in [1.29, 1.82) is 0 Å². The minimum atomic E-state index is -0.205. The quantitative estimate of drug-likeness (QED) is 0.649. The summed E-state index contributed by atoms with van der Waals surface area (Å²) >= 11 is 2.82. The summed E-state index contributed by atoms with van der Waals surface area (Å²) in [6.45, 7) is 2.43. The monoisotopic (exact) mass is 267 g/mol. The Bertz CT molecular complexity index is 506. The van der Waals surface area contributed by atoms with Crippen molar-refractivity contribution in [3.63, 3.8) is 0 Å². The third-order valence-corrected chi connectivity index (χ3v) is 2.38. The lowest BCUT2D eigenvalue weighted by atomic mass is 10.2. The van der Waals surface area contributed by atoms with E-state index in [-0.39, 0.29) is 4.82 Å². The molecule has 0 unspecified atom stereocenters. The summed E-state index contributed by atoms with van der Waals surface area (Å²) in [4.78, 5) is 17.9. The Kier molecular flexibility index (Phi) is 2.73. The summed E-state index contributed by atoms with van der Waals surface area (Å²) in [6, 6.07) is 5.87. The molecule has 2 N–H and O–H groups in total. The van der Waals surface area contributed by atoms with Gasteiger partial charge in [0.25, 0.3) is 4.82 Å². The van der Waals surface area contributed by atoms with E-state index in [4.69, 9.17) is 0 Å². The molecule has 0 saturated heterocycles. The van der Waals surface area contributed by atoms with Gasteiger partial charge in [0.1, 0.15) is 5.82 Å². The standard InChI is InChI=1S/C10H10BrN3O/c1-6-13-8-3-2-7(4-9(8)14-6)5-12-10(11)15/h2-4H,5H2,1H3,(H,12,15)(H,13,14). The maximum atomic E-state index is 10.7. The van der Waals surface area contributed by atoms with Crippen molar-refractivity contribution in [3.05, 3.63) is 29.6 Å². The topological polar surface area (TPSA) is 57.8 Å². The molecule has 2 rings (SSSR count). The lowest BCUT2D eigenvalue weighted by Crippen LogP contribution is -2.14. The van der Waals surface area contributed by atoms with Crippen LogP contribution >= 0.6 is 15.9 Å². The van der Waals surface area contributed by atoms with Crippen LogP contribution in [0.4, 0.5) is 4.79 Å². The van der Waals surface area contributed by atoms with E-state index in [1.807, 2.05) is 25.1 Å². The minimum absolute atomic E-state index is 0.205. The van der Waals surface area contributed by atoms with Crippen molar-refractivity contribution >= 4 is 31.8 Å². The zero-order valence-electron chi connectivity index (χ0n) is 8.17. The Morgan fingerprint density at radius 3 is 3.13 bits per heavy atom. The van der Waals surface area contributed by atoms with Crippen LogP contribution in [0.5, 0.6) is 0 Å². The van der Waals surface area contributed by atoms with Gasteiger partial charge in [0.15, 0.2) is 0 Å². The van der Waals surface area contributed by atoms with Crippen LogP contribution < -0.4 is 5.32 Å². The number of amides is 1. The number of halogens is 1. The molecule has 0 aliphatic heterocycles. The van der Waals surface area contributed by atoms with Gasteiger partial charge < -0.3 is 10.3 Å². The number of aryl methyl sites for hydroxylation is 1. The Labute approximate surface area is 95.2 Å². The first kappa shape index (κ1) is 10.2. The Morgan fingerprint density at radius 2 is 2.40 bits per heavy atom. The number of H-pyrrole nitrogens is 1. The molecule has 0 fully saturated rings. The molecular weight excluding hydrogens is 258 g/mol. The normalized spacial score (nSPS) is 10.5. The molecule has 0 radical (unpaired) electrons. The zero-order valence-corrected chi connectivity index (χ0v) is 9.76. The third kappa shape index (κ3) is 2.36. The molecular formula is C10H10BrN3O. The van der Waals surface area contributed by atoms with E-state index in [0.717, 1.165) is 22.4 Å². The van der Waals surface area contributed by atoms with Crippen LogP contribution in [0.25, 0.3) is 11.0 Å². The highest BCUT2D eigenvalue weighted by atomic mass is 79.9. The number of fused-ring (bicyclic) bond motifs is 1. The summed E-state index contributed by atoms with van der Waals surface area (Å²) in [6.07, 6.45) is 0. The maximum Gasteiger partial charge on any atom is 0.287 e. The average molecular weight is 268 g/mol. The van der Waals surface area contributed by atoms with Crippen LogP contribution in [0, 0.1) is 6.92 Å². The Hall–Kier alpha value is -1.36. The van der Waals surface area contributed by atoms with Crippen LogP contribution in [0.15, 0.2) is 18.2 Å². The van der Waals surface area contributed by atoms with E-state index >= 15 is 0 Å². The molecule has 0 spiro atoms. The Morgan fingerprint density at radius 1 is 1.60 bits per heavy atom. The number of benzene rings is 1. The second-order valence-corrected chi connectivity index (χ2v) is 4.02. The summed E-state index contributed by atoms with van der Waals surface area (Å²) in [5.41, 5.74) is 2.98. The van der Waals surface area contributed by atoms with Crippen molar-refractivity contribution in [1.82, 2.24) is 15.3 Å². The van der Waals surface area contributed by atoms with Crippen LogP contribution in [-0.4, -0.2) is 14.8 Å². The summed E-state index contributed by atoms with van der Waals surface area (Å²) in [7, 11) is 0. The van der Waals surface area contributed by atoms with Gasteiger partial charge in [0.05, 0.1) is 11.0 Å². The van der Waals surface area contributed by atoms with Gasteiger partial charge in [-0.25, -0.2) is 4.98 Å². The number of aromatic nitrogens is 2. The van der Waals surface area contributed by atoms with Crippen LogP contribution in [-0.2, 0) is 6.54 Å². The predicted molar refractivity (Wildman–Crippen MR) is 62.0 cm³/mol. The largest absolute Gasteiger partial charge is 0.343 e. The first-order valence-corrected chi connectivity index (χ1v) is 5.33. The van der Waals surface area contributed by atoms with Crippen LogP contribution in [0.1, 0.15) is 11.4 Å². The van der Waals surface area contributed by atoms with E-state index in [1.165, 1.54) is 0 Å². The van der Waals surface area contributed by atoms with Crippen LogP contribution in [0.3, 0.4) is 0 Å². The van der Waals surface area contributed by atoms with Gasteiger partial charge in [-0.2, -0.15) is 0 Å². The minimum Gasteiger partial charge on any atom is -0.343 e. The molecule has 0 saturated carbocycles. The second kappa shape index (κ2) is 4.02. The molecule has 78 valence electrons. The fraction of sp³-hybridized carbons (Fsp3) is 0.200. The first-order chi connectivity index (χ1) is 7.15. The molecule has 0 atom stereocenters. The molecule has 2 aromatic rings. The molecule has 1 heterocycles. The van der Waals surface area contributed by atoms with E-state index in [2.05, 4.69) is 31.2 Å². The zero-order chi connectivity index (χ0) is 10.8. The van der Waals surface area contributed by atoms with Crippen molar-refractivity contribution in [2.24, 2.45) is 0 Å². The van der Waals surface area contributed by atoms with E-state index in [0.29, 0.717) is 6.54 Å². The van der Waals surface area contributed by atoms with Gasteiger partial charge >= 0.3 is 0 Å². The fourth-order valence-electron chi connectivity index (χ4n) is 1.47. The SMILES string of the molecule is Cc1nc2ccc(CNC(=O)Br)cc2[nH]1. The van der Waals surface area contributed by atoms with Gasteiger partial charge in [0.2, 0.25) is 0 Å². The van der Waals surface area contributed by atoms with Gasteiger partial charge in [0, 0.05) is 22.5 Å². The summed E-state index contributed by atoms with van der Waals surface area (Å²) in [5.74, 6) is 0.895. The average Bonchev–Trinajstić information content (AvgIpc) is 2.53. The number of carbonyl (C=O) groups is 1. The van der Waals surface area contributed by atoms with E-state index < -0.39 is 0 Å². The molecule has 4 nitrogen and oxygen atoms in total. The lowest BCUT2D eigenvalue weighted by molar-refractivity contribution is 0.261. The molecule has 0 aliphatic rings. The van der Waals surface area contributed by atoms with Crippen LogP contribution in [0.2, 0.25) is 0 Å². The summed E-state index contributed by atoms with van der Waals surface area (Å²) in [5, 5.41) is 2.68. The highest BCUT2D eigenvalue weighted by Gasteiger charge is 2.01. The third-order valence-electron chi connectivity index (χ3n) is 2.10. The summed E-state index contributed by atoms with van der Waals surface area (Å²) < 4.78 is 0. The number of nitrogens with one attached hydrogen (secondary N) is 2. The number of hydrogen-bond donors (Lipinski definition) is 2. The van der Waals surface area contributed by atoms with Crippen molar-refractivity contribution in [2.75, 3.05) is 0 Å². The number of nitrogens with zero attached hydrogens (tertiary/aromatic N) is 1. The number of rotatable bonds is 2. The molecule has 0 aliphatic carbocycles. The molecule has 1 aromatic carbocycles. The van der Waals surface area contributed by atoms with Gasteiger partial charge in [-0.15, -0.1) is 0 Å². The fourth-order valence-corrected chi connectivity index (χ4v) is 1.61. The van der Waals surface area contributed by atoms with Gasteiger partial charge in [-0.05, 0) is 24.6 Å². The first-order valence-electron chi connectivity index (χ1n) is 4.54. The van der Waals surface area contributed by atoms with Gasteiger partial charge in [-0.1, -0.05) is 6.07 Å². The predicted octanol–water partition coefficient (Wildman–Crippen LogP) is 2.48.